The van der Waals surface area contributed by atoms with Crippen molar-refractivity contribution in [3.8, 4) is 5.88 Å². The molecule has 1 saturated carbocycles. The Morgan fingerprint density at radius 1 is 1.37 bits per heavy atom. The van der Waals surface area contributed by atoms with Gasteiger partial charge >= 0.3 is 0 Å². The Labute approximate surface area is 114 Å². The monoisotopic (exact) mass is 284 g/mol. The molecule has 5 nitrogen and oxygen atoms in total. The minimum Gasteiger partial charge on any atom is -0.474 e. The maximum atomic E-state index is 11.1. The van der Waals surface area contributed by atoms with Gasteiger partial charge in [-0.15, -0.1) is 0 Å². The van der Waals surface area contributed by atoms with E-state index in [-0.39, 0.29) is 11.0 Å². The fraction of sp³-hybridized carbons (Fsp3) is 0.615. The van der Waals surface area contributed by atoms with E-state index in [0.29, 0.717) is 11.8 Å². The Morgan fingerprint density at radius 3 is 2.68 bits per heavy atom. The number of rotatable bonds is 4. The second-order valence-corrected chi connectivity index (χ2v) is 6.55. The minimum atomic E-state index is -3.69. The summed E-state index contributed by atoms with van der Waals surface area (Å²) < 4.78 is 28.1. The molecule has 1 aliphatic carbocycles. The molecule has 19 heavy (non-hydrogen) atoms. The Morgan fingerprint density at radius 2 is 2.11 bits per heavy atom. The van der Waals surface area contributed by atoms with Crippen LogP contribution in [0.15, 0.2) is 23.2 Å². The van der Waals surface area contributed by atoms with E-state index in [0.717, 1.165) is 12.8 Å². The zero-order chi connectivity index (χ0) is 13.9. The van der Waals surface area contributed by atoms with Crippen molar-refractivity contribution in [1.29, 1.82) is 0 Å². The van der Waals surface area contributed by atoms with Gasteiger partial charge in [-0.2, -0.15) is 0 Å². The maximum Gasteiger partial charge on any atom is 0.239 e. The smallest absolute Gasteiger partial charge is 0.239 e. The van der Waals surface area contributed by atoms with Crippen LogP contribution < -0.4 is 9.88 Å². The van der Waals surface area contributed by atoms with E-state index in [1.165, 1.54) is 31.5 Å². The Bertz CT molecular complexity index is 513. The van der Waals surface area contributed by atoms with E-state index in [1.54, 1.807) is 6.07 Å². The number of nitrogens with two attached hydrogens (primary N) is 1. The first-order chi connectivity index (χ1) is 9.00. The summed E-state index contributed by atoms with van der Waals surface area (Å²) >= 11 is 0. The van der Waals surface area contributed by atoms with Gasteiger partial charge in [0.05, 0.1) is 6.20 Å². The number of ether oxygens (including phenoxy) is 1. The summed E-state index contributed by atoms with van der Waals surface area (Å²) in [7, 11) is -3.69. The lowest BCUT2D eigenvalue weighted by molar-refractivity contribution is 0.0857. The number of pyridine rings is 1. The second kappa shape index (κ2) is 5.88. The molecular formula is C13H20N2O3S. The molecule has 1 aromatic rings. The van der Waals surface area contributed by atoms with Crippen molar-refractivity contribution >= 4 is 10.0 Å². The van der Waals surface area contributed by atoms with Crippen molar-refractivity contribution in [3.05, 3.63) is 18.3 Å². The lowest BCUT2D eigenvalue weighted by Crippen LogP contribution is -2.30. The zero-order valence-corrected chi connectivity index (χ0v) is 11.9. The average molecular weight is 284 g/mol. The van der Waals surface area contributed by atoms with Crippen LogP contribution in [0.5, 0.6) is 5.88 Å². The van der Waals surface area contributed by atoms with Crippen LogP contribution in [0.25, 0.3) is 0 Å². The summed E-state index contributed by atoms with van der Waals surface area (Å²) in [4.78, 5) is 4.04. The molecule has 0 radical (unpaired) electrons. The lowest BCUT2D eigenvalue weighted by Gasteiger charge is -2.30. The molecule has 2 rings (SSSR count). The van der Waals surface area contributed by atoms with Gasteiger partial charge in [-0.25, -0.2) is 18.5 Å². The van der Waals surface area contributed by atoms with Gasteiger partial charge in [0.25, 0.3) is 0 Å². The van der Waals surface area contributed by atoms with Crippen LogP contribution >= 0.6 is 0 Å². The first-order valence-corrected chi connectivity index (χ1v) is 8.21. The van der Waals surface area contributed by atoms with Gasteiger partial charge in [-0.3, -0.25) is 0 Å². The fourth-order valence-corrected chi connectivity index (χ4v) is 3.01. The van der Waals surface area contributed by atoms with Gasteiger partial charge in [-0.05, 0) is 37.7 Å². The molecule has 0 aromatic carbocycles. The van der Waals surface area contributed by atoms with Gasteiger partial charge in [0.2, 0.25) is 15.9 Å². The Kier molecular flexibility index (Phi) is 4.42. The summed E-state index contributed by atoms with van der Waals surface area (Å²) in [6, 6.07) is 3.00. The molecule has 0 amide bonds. The van der Waals surface area contributed by atoms with E-state index < -0.39 is 10.0 Å². The molecule has 0 aliphatic heterocycles. The van der Waals surface area contributed by atoms with Crippen LogP contribution in [-0.2, 0) is 10.0 Å². The quantitative estimate of drug-likeness (QED) is 0.917. The van der Waals surface area contributed by atoms with E-state index in [4.69, 9.17) is 9.88 Å². The average Bonchev–Trinajstić information content (AvgIpc) is 2.39. The molecular weight excluding hydrogens is 264 g/mol. The third-order valence-electron chi connectivity index (χ3n) is 3.67. The predicted molar refractivity (Wildman–Crippen MR) is 72.3 cm³/mol. The van der Waals surface area contributed by atoms with Crippen LogP contribution in [0.3, 0.4) is 0 Å². The molecule has 2 atom stereocenters. The van der Waals surface area contributed by atoms with Crippen molar-refractivity contribution in [1.82, 2.24) is 4.98 Å². The van der Waals surface area contributed by atoms with Crippen molar-refractivity contribution in [2.24, 2.45) is 11.1 Å². The van der Waals surface area contributed by atoms with E-state index in [9.17, 15) is 8.42 Å². The lowest BCUT2D eigenvalue weighted by atomic mass is 9.85. The van der Waals surface area contributed by atoms with E-state index >= 15 is 0 Å². The molecule has 0 saturated heterocycles. The van der Waals surface area contributed by atoms with E-state index in [1.807, 2.05) is 0 Å². The van der Waals surface area contributed by atoms with Gasteiger partial charge in [0.1, 0.15) is 11.0 Å². The highest BCUT2D eigenvalue weighted by molar-refractivity contribution is 7.89. The van der Waals surface area contributed by atoms with Crippen molar-refractivity contribution < 1.29 is 13.2 Å². The largest absolute Gasteiger partial charge is 0.474 e. The standard InChI is InChI=1S/C13H20N2O3S/c1-2-10-5-3-4-6-12(10)18-13-8-7-11(9-15-13)19(14,16)17/h7-10,12H,2-6H2,1H3,(H2,14,16,17). The molecule has 0 spiro atoms. The molecule has 1 aromatic heterocycles. The summed E-state index contributed by atoms with van der Waals surface area (Å²) in [5.41, 5.74) is 0. The second-order valence-electron chi connectivity index (χ2n) is 4.99. The van der Waals surface area contributed by atoms with Gasteiger partial charge in [0.15, 0.2) is 0 Å². The van der Waals surface area contributed by atoms with Crippen molar-refractivity contribution in [3.63, 3.8) is 0 Å². The highest BCUT2D eigenvalue weighted by Gasteiger charge is 2.25. The third-order valence-corrected chi connectivity index (χ3v) is 4.57. The number of hydrogen-bond acceptors (Lipinski definition) is 4. The minimum absolute atomic E-state index is 0.00976. The summed E-state index contributed by atoms with van der Waals surface area (Å²) in [6.45, 7) is 2.17. The molecule has 2 N–H and O–H groups in total. The normalized spacial score (nSPS) is 24.1. The SMILES string of the molecule is CCC1CCCCC1Oc1ccc(S(N)(=O)=O)cn1. The molecule has 1 heterocycles. The number of aromatic nitrogens is 1. The number of hydrogen-bond donors (Lipinski definition) is 1. The summed E-state index contributed by atoms with van der Waals surface area (Å²) in [6.07, 6.45) is 7.20. The fourth-order valence-electron chi connectivity index (χ4n) is 2.56. The van der Waals surface area contributed by atoms with Crippen LogP contribution in [0.1, 0.15) is 39.0 Å². The number of sulfonamides is 1. The molecule has 0 bridgehead atoms. The molecule has 6 heteroatoms. The number of primary sulfonamides is 1. The predicted octanol–water partition coefficient (Wildman–Crippen LogP) is 2.08. The summed E-state index contributed by atoms with van der Waals surface area (Å²) in [5, 5.41) is 5.03. The molecule has 1 fully saturated rings. The van der Waals surface area contributed by atoms with Crippen molar-refractivity contribution in [2.45, 2.75) is 50.0 Å². The molecule has 106 valence electrons. The first-order valence-electron chi connectivity index (χ1n) is 6.66. The van der Waals surface area contributed by atoms with Gasteiger partial charge < -0.3 is 4.74 Å². The van der Waals surface area contributed by atoms with Crippen molar-refractivity contribution in [2.75, 3.05) is 0 Å². The topological polar surface area (TPSA) is 82.3 Å². The molecule has 1 aliphatic rings. The van der Waals surface area contributed by atoms with Gasteiger partial charge in [-0.1, -0.05) is 13.3 Å². The van der Waals surface area contributed by atoms with Crippen LogP contribution in [0, 0.1) is 5.92 Å². The molecule has 2 unspecified atom stereocenters. The zero-order valence-electron chi connectivity index (χ0n) is 11.1. The summed E-state index contributed by atoms with van der Waals surface area (Å²) in [5.74, 6) is 1.03. The Balaban J connectivity index is 2.06. The van der Waals surface area contributed by atoms with Crippen LogP contribution in [0.4, 0.5) is 0 Å². The van der Waals surface area contributed by atoms with Crippen LogP contribution in [0.2, 0.25) is 0 Å². The first kappa shape index (κ1) is 14.3. The highest BCUT2D eigenvalue weighted by atomic mass is 32.2. The van der Waals surface area contributed by atoms with E-state index in [2.05, 4.69) is 11.9 Å². The Hall–Kier alpha value is -1.14. The third kappa shape index (κ3) is 3.67. The number of nitrogens with zero attached hydrogens (tertiary/aromatic N) is 1. The maximum absolute atomic E-state index is 11.1. The van der Waals surface area contributed by atoms with Gasteiger partial charge in [0, 0.05) is 6.07 Å². The highest BCUT2D eigenvalue weighted by Crippen LogP contribution is 2.29. The van der Waals surface area contributed by atoms with Crippen LogP contribution in [-0.4, -0.2) is 19.5 Å².